The third-order valence-electron chi connectivity index (χ3n) is 4.63. The Morgan fingerprint density at radius 3 is 2.71 bits per heavy atom. The van der Waals surface area contributed by atoms with E-state index in [0.717, 1.165) is 6.07 Å². The normalized spacial score (nSPS) is 10.8. The van der Waals surface area contributed by atoms with Gasteiger partial charge in [-0.25, -0.2) is 19.2 Å². The van der Waals surface area contributed by atoms with Gasteiger partial charge >= 0.3 is 5.97 Å². The number of hydrogen-bond acceptors (Lipinski definition) is 8. The molecule has 1 heterocycles. The van der Waals surface area contributed by atoms with E-state index in [-0.39, 0.29) is 45.7 Å². The average molecular weight is 487 g/mol. The van der Waals surface area contributed by atoms with Crippen molar-refractivity contribution in [3.8, 4) is 11.4 Å². The van der Waals surface area contributed by atoms with Crippen LogP contribution in [0, 0.1) is 15.9 Å². The number of nitrogens with one attached hydrogen (secondary N) is 1. The fourth-order valence-electron chi connectivity index (χ4n) is 3.01. The number of esters is 1. The van der Waals surface area contributed by atoms with E-state index in [9.17, 15) is 19.3 Å². The van der Waals surface area contributed by atoms with Crippen LogP contribution in [0.1, 0.15) is 28.5 Å². The van der Waals surface area contributed by atoms with Crippen molar-refractivity contribution in [1.82, 2.24) is 9.97 Å². The Balaban J connectivity index is 2.14. The highest BCUT2D eigenvalue weighted by Gasteiger charge is 2.21. The molecule has 176 valence electrons. The van der Waals surface area contributed by atoms with E-state index < -0.39 is 16.7 Å². The maximum absolute atomic E-state index is 14.1. The number of carbonyl (C=O) groups is 1. The number of nitrogens with zero attached hydrogens (tertiary/aromatic N) is 3. The monoisotopic (exact) mass is 486 g/mol. The van der Waals surface area contributed by atoms with Crippen LogP contribution >= 0.6 is 11.6 Å². The van der Waals surface area contributed by atoms with E-state index in [0.29, 0.717) is 12.2 Å². The first-order valence-electron chi connectivity index (χ1n) is 10.1. The van der Waals surface area contributed by atoms with Crippen LogP contribution in [0.5, 0.6) is 0 Å². The van der Waals surface area contributed by atoms with Gasteiger partial charge in [0.25, 0.3) is 5.69 Å². The lowest BCUT2D eigenvalue weighted by Gasteiger charge is -2.14. The lowest BCUT2D eigenvalue weighted by Crippen LogP contribution is -2.14. The Labute approximate surface area is 199 Å². The van der Waals surface area contributed by atoms with Crippen molar-refractivity contribution in [3.63, 3.8) is 0 Å². The second-order valence-electron chi connectivity index (χ2n) is 6.78. The molecule has 0 amide bonds. The molecule has 0 bridgehead atoms. The molecule has 0 aliphatic rings. The number of hydrogen-bond donors (Lipinski definition) is 1. The third kappa shape index (κ3) is 5.65. The first-order chi connectivity index (χ1) is 16.3. The van der Waals surface area contributed by atoms with Crippen LogP contribution in [-0.2, 0) is 16.0 Å². The molecular weight excluding hydrogens is 467 g/mol. The largest absolute Gasteiger partial charge is 0.501 e. The molecule has 1 N–H and O–H groups in total. The third-order valence-corrected chi connectivity index (χ3v) is 4.94. The molecule has 0 aliphatic carbocycles. The van der Waals surface area contributed by atoms with Gasteiger partial charge in [0, 0.05) is 23.7 Å². The van der Waals surface area contributed by atoms with Crippen molar-refractivity contribution >= 4 is 35.2 Å². The zero-order valence-corrected chi connectivity index (χ0v) is 19.0. The summed E-state index contributed by atoms with van der Waals surface area (Å²) < 4.78 is 24.2. The fourth-order valence-corrected chi connectivity index (χ4v) is 3.13. The van der Waals surface area contributed by atoms with Gasteiger partial charge in [0.15, 0.2) is 11.5 Å². The molecule has 11 heteroatoms. The Morgan fingerprint density at radius 2 is 2.03 bits per heavy atom. The summed E-state index contributed by atoms with van der Waals surface area (Å²) in [6, 6.07) is 10.2. The number of nitro groups is 1. The molecule has 0 fully saturated rings. The van der Waals surface area contributed by atoms with Gasteiger partial charge in [-0.1, -0.05) is 29.8 Å². The highest BCUT2D eigenvalue weighted by atomic mass is 35.5. The van der Waals surface area contributed by atoms with Gasteiger partial charge in [0.1, 0.15) is 11.6 Å². The number of nitro benzene ring substituents is 1. The first-order valence-corrected chi connectivity index (χ1v) is 10.4. The number of carbonyl (C=O) groups excluding carboxylic acids is 1. The molecule has 0 spiro atoms. The number of methoxy groups -OCH3 is 1. The summed E-state index contributed by atoms with van der Waals surface area (Å²) in [6.07, 6.45) is 2.84. The smallest absolute Gasteiger partial charge is 0.357 e. The minimum absolute atomic E-state index is 0.0126. The predicted molar refractivity (Wildman–Crippen MR) is 125 cm³/mol. The van der Waals surface area contributed by atoms with E-state index >= 15 is 0 Å². The van der Waals surface area contributed by atoms with Gasteiger partial charge in [-0.2, -0.15) is 0 Å². The lowest BCUT2D eigenvalue weighted by atomic mass is 10.1. The summed E-state index contributed by atoms with van der Waals surface area (Å²) in [5.74, 6) is -1.26. The van der Waals surface area contributed by atoms with Gasteiger partial charge < -0.3 is 14.8 Å². The summed E-state index contributed by atoms with van der Waals surface area (Å²) >= 11 is 5.78. The summed E-state index contributed by atoms with van der Waals surface area (Å²) in [6.45, 7) is 2.18. The summed E-state index contributed by atoms with van der Waals surface area (Å²) in [5.41, 5.74) is 0.704. The van der Waals surface area contributed by atoms with E-state index in [4.69, 9.17) is 21.1 Å². The number of anilines is 1. The van der Waals surface area contributed by atoms with Crippen molar-refractivity contribution in [2.75, 3.05) is 19.0 Å². The lowest BCUT2D eigenvalue weighted by molar-refractivity contribution is -0.385. The molecule has 2 aromatic carbocycles. The van der Waals surface area contributed by atoms with Crippen molar-refractivity contribution in [2.45, 2.75) is 13.5 Å². The van der Waals surface area contributed by atoms with Gasteiger partial charge in [-0.15, -0.1) is 0 Å². The number of ether oxygens (including phenoxy) is 2. The van der Waals surface area contributed by atoms with Crippen molar-refractivity contribution in [2.24, 2.45) is 0 Å². The molecule has 3 aromatic rings. The molecule has 9 nitrogen and oxygen atoms in total. The predicted octanol–water partition coefficient (Wildman–Crippen LogP) is 5.25. The SMILES string of the molecule is CCO/C=C\c1c(NCc2ccccc2[N+](=O)[O-])nc(-c2ccc(Cl)c(F)c2)nc1C(=O)OC. The molecule has 3 rings (SSSR count). The maximum atomic E-state index is 14.1. The van der Waals surface area contributed by atoms with Crippen molar-refractivity contribution in [1.29, 1.82) is 0 Å². The van der Waals surface area contributed by atoms with Crippen LogP contribution in [0.25, 0.3) is 17.5 Å². The minimum atomic E-state index is -0.761. The minimum Gasteiger partial charge on any atom is -0.501 e. The summed E-state index contributed by atoms with van der Waals surface area (Å²) in [7, 11) is 1.20. The van der Waals surface area contributed by atoms with Crippen molar-refractivity contribution in [3.05, 3.63) is 86.5 Å². The van der Waals surface area contributed by atoms with Crippen LogP contribution < -0.4 is 5.32 Å². The van der Waals surface area contributed by atoms with Crippen LogP contribution in [-0.4, -0.2) is 34.6 Å². The zero-order valence-electron chi connectivity index (χ0n) is 18.2. The maximum Gasteiger partial charge on any atom is 0.357 e. The molecule has 1 aromatic heterocycles. The number of rotatable bonds is 9. The van der Waals surface area contributed by atoms with E-state index in [1.54, 1.807) is 25.1 Å². The molecular formula is C23H20ClFN4O5. The number of aromatic nitrogens is 2. The molecule has 0 unspecified atom stereocenters. The summed E-state index contributed by atoms with van der Waals surface area (Å²) in [4.78, 5) is 32.1. The number of benzene rings is 2. The van der Waals surface area contributed by atoms with Gasteiger partial charge in [0.05, 0.1) is 35.5 Å². The first kappa shape index (κ1) is 24.6. The fraction of sp³-hybridized carbons (Fsp3) is 0.174. The van der Waals surface area contributed by atoms with Gasteiger partial charge in [-0.05, 0) is 31.2 Å². The highest BCUT2D eigenvalue weighted by Crippen LogP contribution is 2.28. The number of para-hydroxylation sites is 1. The standard InChI is InChI=1S/C23H20ClFN4O5/c1-3-34-11-10-16-20(23(30)33-2)27-21(14-8-9-17(24)18(25)12-14)28-22(16)26-13-15-6-4-5-7-19(15)29(31)32/h4-12H,3,13H2,1-2H3,(H,26,27,28)/b11-10-. The van der Waals surface area contributed by atoms with Crippen LogP contribution in [0.15, 0.2) is 48.7 Å². The molecule has 0 atom stereocenters. The average Bonchev–Trinajstić information content (AvgIpc) is 2.84. The molecule has 0 aliphatic heterocycles. The molecule has 0 saturated heterocycles. The zero-order chi connectivity index (χ0) is 24.7. The second-order valence-corrected chi connectivity index (χ2v) is 7.18. The van der Waals surface area contributed by atoms with Crippen LogP contribution in [0.3, 0.4) is 0 Å². The van der Waals surface area contributed by atoms with Crippen LogP contribution in [0.2, 0.25) is 5.02 Å². The van der Waals surface area contributed by atoms with Gasteiger partial charge in [-0.3, -0.25) is 10.1 Å². The summed E-state index contributed by atoms with van der Waals surface area (Å²) in [5, 5.41) is 14.3. The quantitative estimate of drug-likeness (QED) is 0.188. The molecule has 0 saturated carbocycles. The second kappa shape index (κ2) is 11.2. The Kier molecular flexibility index (Phi) is 8.10. The van der Waals surface area contributed by atoms with E-state index in [1.807, 2.05) is 0 Å². The van der Waals surface area contributed by atoms with E-state index in [1.165, 1.54) is 37.6 Å². The molecule has 0 radical (unpaired) electrons. The van der Waals surface area contributed by atoms with E-state index in [2.05, 4.69) is 15.3 Å². The Bertz CT molecular complexity index is 1250. The Morgan fingerprint density at radius 1 is 1.26 bits per heavy atom. The van der Waals surface area contributed by atoms with Gasteiger partial charge in [0.2, 0.25) is 0 Å². The Hall–Kier alpha value is -4.05. The highest BCUT2D eigenvalue weighted by molar-refractivity contribution is 6.30. The molecule has 34 heavy (non-hydrogen) atoms. The topological polar surface area (TPSA) is 116 Å². The van der Waals surface area contributed by atoms with Crippen molar-refractivity contribution < 1.29 is 23.6 Å². The van der Waals surface area contributed by atoms with Crippen LogP contribution in [0.4, 0.5) is 15.9 Å². The number of halogens is 2.